The van der Waals surface area contributed by atoms with Crippen molar-refractivity contribution in [2.45, 2.75) is 45.8 Å². The summed E-state index contributed by atoms with van der Waals surface area (Å²) in [6, 6.07) is 0. The number of nitrogens with two attached hydrogens (primary N) is 1. The Hall–Kier alpha value is -0.980. The molecule has 106 valence electrons. The number of amides is 1. The highest BCUT2D eigenvalue weighted by atomic mass is 32.1. The molecule has 1 saturated carbocycles. The molecule has 2 unspecified atom stereocenters. The largest absolute Gasteiger partial charge is 0.378 e. The molecule has 0 bridgehead atoms. The van der Waals surface area contributed by atoms with E-state index in [1.54, 1.807) is 0 Å². The molecule has 1 fully saturated rings. The maximum absolute atomic E-state index is 12.4. The lowest BCUT2D eigenvalue weighted by Gasteiger charge is -2.57. The summed E-state index contributed by atoms with van der Waals surface area (Å²) in [6.45, 7) is 8.43. The number of carbonyl (C=O) groups excluding carboxylic acids is 1. The third kappa shape index (κ3) is 2.28. The van der Waals surface area contributed by atoms with Crippen LogP contribution in [0.4, 0.5) is 5.13 Å². The Bertz CT molecular complexity index is 486. The van der Waals surface area contributed by atoms with Gasteiger partial charge in [0.2, 0.25) is 5.91 Å². The molecule has 0 saturated heterocycles. The molecule has 6 heteroatoms. The van der Waals surface area contributed by atoms with Gasteiger partial charge in [0.05, 0.1) is 11.8 Å². The normalized spacial score (nSPS) is 28.8. The van der Waals surface area contributed by atoms with Gasteiger partial charge in [-0.05, 0) is 13.8 Å². The number of aromatic nitrogens is 1. The first-order chi connectivity index (χ1) is 8.81. The van der Waals surface area contributed by atoms with E-state index in [2.05, 4.69) is 10.3 Å². The summed E-state index contributed by atoms with van der Waals surface area (Å²) in [5, 5.41) is 5.31. The van der Waals surface area contributed by atoms with Gasteiger partial charge >= 0.3 is 0 Å². The highest BCUT2D eigenvalue weighted by Crippen LogP contribution is 2.50. The minimum Gasteiger partial charge on any atom is -0.378 e. The Balaban J connectivity index is 2.07. The smallest absolute Gasteiger partial charge is 0.246 e. The number of nitrogens with one attached hydrogen (secondary N) is 1. The average Bonchev–Trinajstić information content (AvgIpc) is 2.74. The predicted molar refractivity (Wildman–Crippen MR) is 76.2 cm³/mol. The zero-order valence-corrected chi connectivity index (χ0v) is 12.6. The van der Waals surface area contributed by atoms with E-state index in [1.165, 1.54) is 11.3 Å². The van der Waals surface area contributed by atoms with Crippen LogP contribution < -0.4 is 11.1 Å². The molecule has 1 aliphatic rings. The van der Waals surface area contributed by atoms with Crippen LogP contribution in [-0.4, -0.2) is 29.1 Å². The molecule has 0 aliphatic heterocycles. The third-order valence-corrected chi connectivity index (χ3v) is 4.95. The summed E-state index contributed by atoms with van der Waals surface area (Å²) in [4.78, 5) is 16.6. The molecule has 0 radical (unpaired) electrons. The van der Waals surface area contributed by atoms with Crippen LogP contribution in [0.5, 0.6) is 0 Å². The fourth-order valence-electron chi connectivity index (χ4n) is 2.44. The number of nitrogens with zero attached hydrogens (tertiary/aromatic N) is 1. The number of carbonyl (C=O) groups is 1. The maximum Gasteiger partial charge on any atom is 0.246 e. The lowest BCUT2D eigenvalue weighted by Crippen LogP contribution is -2.74. The van der Waals surface area contributed by atoms with Gasteiger partial charge < -0.3 is 15.8 Å². The Morgan fingerprint density at radius 2 is 2.37 bits per heavy atom. The number of hydrogen-bond acceptors (Lipinski definition) is 5. The van der Waals surface area contributed by atoms with Crippen molar-refractivity contribution in [3.63, 3.8) is 0 Å². The molecule has 2 atom stereocenters. The highest BCUT2D eigenvalue weighted by Gasteiger charge is 2.62. The summed E-state index contributed by atoms with van der Waals surface area (Å²) >= 11 is 1.41. The fraction of sp³-hybridized carbons (Fsp3) is 0.692. The maximum atomic E-state index is 12.4. The highest BCUT2D eigenvalue weighted by molar-refractivity contribution is 7.13. The number of thiazole rings is 1. The van der Waals surface area contributed by atoms with Crippen LogP contribution >= 0.6 is 11.3 Å². The van der Waals surface area contributed by atoms with Crippen LogP contribution in [0.3, 0.4) is 0 Å². The number of anilines is 1. The summed E-state index contributed by atoms with van der Waals surface area (Å²) in [5.74, 6) is -0.178. The van der Waals surface area contributed by atoms with Crippen LogP contribution in [-0.2, 0) is 9.53 Å². The quantitative estimate of drug-likeness (QED) is 0.885. The molecule has 5 nitrogen and oxygen atoms in total. The van der Waals surface area contributed by atoms with Gasteiger partial charge in [-0.3, -0.25) is 4.79 Å². The van der Waals surface area contributed by atoms with Gasteiger partial charge in [-0.15, -0.1) is 11.3 Å². The van der Waals surface area contributed by atoms with Gasteiger partial charge in [-0.2, -0.15) is 0 Å². The summed E-state index contributed by atoms with van der Waals surface area (Å²) < 4.78 is 5.62. The minimum absolute atomic E-state index is 0.0336. The standard InChI is InChI=1S/C13H21N3O2S/c1-5-18-9-6-13(14,12(9,3)4)10(17)16-11-15-8(2)7-19-11/h7,9H,5-6,14H2,1-4H3,(H,15,16,17). The van der Waals surface area contributed by atoms with E-state index >= 15 is 0 Å². The van der Waals surface area contributed by atoms with E-state index in [1.807, 2.05) is 33.1 Å². The summed E-state index contributed by atoms with van der Waals surface area (Å²) in [5.41, 5.74) is 5.91. The van der Waals surface area contributed by atoms with Crippen LogP contribution in [0, 0.1) is 12.3 Å². The van der Waals surface area contributed by atoms with Crippen molar-refractivity contribution in [2.24, 2.45) is 11.1 Å². The van der Waals surface area contributed by atoms with E-state index in [0.717, 1.165) is 5.69 Å². The van der Waals surface area contributed by atoms with Gasteiger partial charge in [-0.25, -0.2) is 4.98 Å². The number of aryl methyl sites for hydroxylation is 1. The summed E-state index contributed by atoms with van der Waals surface area (Å²) in [7, 11) is 0. The SMILES string of the molecule is CCOC1CC(N)(C(=O)Nc2nc(C)cs2)C1(C)C. The van der Waals surface area contributed by atoms with Crippen LogP contribution in [0.1, 0.15) is 32.9 Å². The average molecular weight is 283 g/mol. The van der Waals surface area contributed by atoms with E-state index in [-0.39, 0.29) is 17.4 Å². The fourth-order valence-corrected chi connectivity index (χ4v) is 3.12. The summed E-state index contributed by atoms with van der Waals surface area (Å²) in [6.07, 6.45) is 0.579. The Labute approximate surface area is 117 Å². The molecule has 19 heavy (non-hydrogen) atoms. The van der Waals surface area contributed by atoms with Gasteiger partial charge in [-0.1, -0.05) is 13.8 Å². The van der Waals surface area contributed by atoms with E-state index in [0.29, 0.717) is 18.2 Å². The van der Waals surface area contributed by atoms with Gasteiger partial charge in [0.25, 0.3) is 0 Å². The second kappa shape index (κ2) is 4.85. The number of rotatable bonds is 4. The first kappa shape index (κ1) is 14.4. The minimum atomic E-state index is -0.896. The Kier molecular flexibility index (Phi) is 3.68. The van der Waals surface area contributed by atoms with E-state index in [9.17, 15) is 4.79 Å². The number of hydrogen-bond donors (Lipinski definition) is 2. The Morgan fingerprint density at radius 1 is 1.68 bits per heavy atom. The molecule has 0 aromatic carbocycles. The van der Waals surface area contributed by atoms with Gasteiger partial charge in [0.1, 0.15) is 5.54 Å². The number of ether oxygens (including phenoxy) is 1. The second-order valence-electron chi connectivity index (χ2n) is 5.59. The molecule has 1 aromatic rings. The van der Waals surface area contributed by atoms with Crippen molar-refractivity contribution in [2.75, 3.05) is 11.9 Å². The molecule has 3 N–H and O–H groups in total. The molecule has 1 aliphatic carbocycles. The van der Waals surface area contributed by atoms with E-state index < -0.39 is 5.54 Å². The lowest BCUT2D eigenvalue weighted by atomic mass is 9.54. The second-order valence-corrected chi connectivity index (χ2v) is 6.45. The first-order valence-corrected chi connectivity index (χ1v) is 7.33. The zero-order chi connectivity index (χ0) is 14.3. The zero-order valence-electron chi connectivity index (χ0n) is 11.8. The molecular formula is C13H21N3O2S. The lowest BCUT2D eigenvalue weighted by molar-refractivity contribution is -0.166. The van der Waals surface area contributed by atoms with Gasteiger partial charge in [0, 0.05) is 23.8 Å². The van der Waals surface area contributed by atoms with Crippen molar-refractivity contribution in [1.29, 1.82) is 0 Å². The molecule has 1 aromatic heterocycles. The molecule has 1 heterocycles. The van der Waals surface area contributed by atoms with Crippen molar-refractivity contribution in [3.05, 3.63) is 11.1 Å². The molecule has 2 rings (SSSR count). The van der Waals surface area contributed by atoms with Crippen molar-refractivity contribution >= 4 is 22.4 Å². The topological polar surface area (TPSA) is 77.2 Å². The van der Waals surface area contributed by atoms with Crippen LogP contribution in [0.15, 0.2) is 5.38 Å². The molecule has 1 amide bonds. The Morgan fingerprint density at radius 3 is 2.84 bits per heavy atom. The van der Waals surface area contributed by atoms with Crippen molar-refractivity contribution in [1.82, 2.24) is 4.98 Å². The monoisotopic (exact) mass is 283 g/mol. The first-order valence-electron chi connectivity index (χ1n) is 6.45. The van der Waals surface area contributed by atoms with Crippen LogP contribution in [0.25, 0.3) is 0 Å². The molecular weight excluding hydrogens is 262 g/mol. The van der Waals surface area contributed by atoms with Crippen LogP contribution in [0.2, 0.25) is 0 Å². The van der Waals surface area contributed by atoms with Crippen molar-refractivity contribution < 1.29 is 9.53 Å². The molecule has 0 spiro atoms. The predicted octanol–water partition coefficient (Wildman–Crippen LogP) is 1.92. The van der Waals surface area contributed by atoms with Crippen molar-refractivity contribution in [3.8, 4) is 0 Å². The van der Waals surface area contributed by atoms with E-state index in [4.69, 9.17) is 10.5 Å². The van der Waals surface area contributed by atoms with Gasteiger partial charge in [0.15, 0.2) is 5.13 Å². The third-order valence-electron chi connectivity index (χ3n) is 4.07.